The fraction of sp³-hybridized carbons (Fsp3) is 0.452. The monoisotopic (exact) mass is 721 g/mol. The molecule has 0 spiro atoms. The van der Waals surface area contributed by atoms with Crippen LogP contribution in [-0.2, 0) is 20.0 Å². The van der Waals surface area contributed by atoms with Gasteiger partial charge in [0.05, 0.1) is 34.2 Å². The van der Waals surface area contributed by atoms with E-state index in [1.165, 1.54) is 8.61 Å². The first kappa shape index (κ1) is 34.5. The lowest BCUT2D eigenvalue weighted by molar-refractivity contribution is 0.342. The molecule has 2 atom stereocenters. The quantitative estimate of drug-likeness (QED) is 0.219. The average Bonchev–Trinajstić information content (AvgIpc) is 3.94. The van der Waals surface area contributed by atoms with Crippen molar-refractivity contribution in [3.8, 4) is 17.2 Å². The SMILES string of the molecule is CCS(=O)(=O)N(C)C(c1cncc(-c2ccc(C#N)c(Cl)c2)c1)C1CC1.CCS(=O)(=O)N(C)C(c1cncc(Br)c1)C1CC1. The number of sulfonamides is 2. The molecule has 0 radical (unpaired) electrons. The van der Waals surface area contributed by atoms with Crippen molar-refractivity contribution in [3.05, 3.63) is 81.3 Å². The Morgan fingerprint density at radius 3 is 1.77 bits per heavy atom. The van der Waals surface area contributed by atoms with Crippen LogP contribution in [-0.4, -0.2) is 61.0 Å². The maximum absolute atomic E-state index is 12.4. The first-order valence-electron chi connectivity index (χ1n) is 14.5. The first-order chi connectivity index (χ1) is 20.8. The molecule has 3 aromatic rings. The van der Waals surface area contributed by atoms with E-state index in [2.05, 4.69) is 25.9 Å². The molecule has 0 bridgehead atoms. The summed E-state index contributed by atoms with van der Waals surface area (Å²) < 4.78 is 52.7. The zero-order valence-electron chi connectivity index (χ0n) is 25.2. The van der Waals surface area contributed by atoms with Crippen LogP contribution in [0.4, 0.5) is 0 Å². The van der Waals surface area contributed by atoms with E-state index in [1.807, 2.05) is 24.3 Å². The molecule has 236 valence electrons. The lowest BCUT2D eigenvalue weighted by Crippen LogP contribution is -2.33. The summed E-state index contributed by atoms with van der Waals surface area (Å²) in [5.74, 6) is 0.953. The molecule has 2 aliphatic carbocycles. The molecule has 44 heavy (non-hydrogen) atoms. The third-order valence-corrected chi connectivity index (χ3v) is 12.5. The summed E-state index contributed by atoms with van der Waals surface area (Å²) in [5, 5.41) is 9.41. The molecule has 0 amide bonds. The van der Waals surface area contributed by atoms with Gasteiger partial charge in [0, 0.05) is 48.9 Å². The predicted octanol–water partition coefficient (Wildman–Crippen LogP) is 6.58. The Kier molecular flexibility index (Phi) is 11.2. The number of aromatic nitrogens is 2. The zero-order chi connectivity index (χ0) is 32.2. The van der Waals surface area contributed by atoms with Crippen molar-refractivity contribution in [2.45, 2.75) is 51.6 Å². The molecule has 0 saturated heterocycles. The van der Waals surface area contributed by atoms with E-state index >= 15 is 0 Å². The van der Waals surface area contributed by atoms with Gasteiger partial charge in [-0.1, -0.05) is 17.7 Å². The lowest BCUT2D eigenvalue weighted by atomic mass is 9.99. The molecule has 9 nitrogen and oxygen atoms in total. The second-order valence-electron chi connectivity index (χ2n) is 11.1. The van der Waals surface area contributed by atoms with Crippen molar-refractivity contribution in [3.63, 3.8) is 0 Å². The van der Waals surface area contributed by atoms with Gasteiger partial charge in [0.15, 0.2) is 0 Å². The second kappa shape index (κ2) is 14.4. The van der Waals surface area contributed by atoms with Crippen LogP contribution >= 0.6 is 27.5 Å². The summed E-state index contributed by atoms with van der Waals surface area (Å²) in [5.41, 5.74) is 3.96. The van der Waals surface area contributed by atoms with Crippen molar-refractivity contribution < 1.29 is 16.8 Å². The summed E-state index contributed by atoms with van der Waals surface area (Å²) >= 11 is 9.53. The van der Waals surface area contributed by atoms with Gasteiger partial charge in [-0.05, 0) is 108 Å². The maximum atomic E-state index is 12.4. The average molecular weight is 723 g/mol. The highest BCUT2D eigenvalue weighted by molar-refractivity contribution is 9.10. The van der Waals surface area contributed by atoms with Crippen LogP contribution in [0.2, 0.25) is 5.02 Å². The molecule has 0 N–H and O–H groups in total. The highest BCUT2D eigenvalue weighted by Crippen LogP contribution is 2.46. The van der Waals surface area contributed by atoms with Gasteiger partial charge in [-0.3, -0.25) is 9.97 Å². The van der Waals surface area contributed by atoms with Crippen LogP contribution in [0, 0.1) is 23.2 Å². The van der Waals surface area contributed by atoms with Crippen molar-refractivity contribution >= 4 is 47.6 Å². The lowest BCUT2D eigenvalue weighted by Gasteiger charge is -2.27. The summed E-state index contributed by atoms with van der Waals surface area (Å²) in [6, 6.07) is 10.9. The Hall–Kier alpha value is -2.40. The normalized spacial score (nSPS) is 16.6. The Labute approximate surface area is 274 Å². The molecule has 2 saturated carbocycles. The molecule has 2 unspecified atom stereocenters. The highest BCUT2D eigenvalue weighted by Gasteiger charge is 2.40. The number of nitriles is 1. The van der Waals surface area contributed by atoms with E-state index < -0.39 is 20.0 Å². The van der Waals surface area contributed by atoms with Gasteiger partial charge in [-0.25, -0.2) is 16.8 Å². The van der Waals surface area contributed by atoms with Gasteiger partial charge in [0.1, 0.15) is 6.07 Å². The van der Waals surface area contributed by atoms with Crippen LogP contribution in [0.5, 0.6) is 0 Å². The largest absolute Gasteiger partial charge is 0.264 e. The maximum Gasteiger partial charge on any atom is 0.214 e. The molecular weight excluding hydrogens is 686 g/mol. The first-order valence-corrected chi connectivity index (χ1v) is 18.9. The zero-order valence-corrected chi connectivity index (χ0v) is 29.2. The Morgan fingerprint density at radius 1 is 0.841 bits per heavy atom. The van der Waals surface area contributed by atoms with E-state index in [9.17, 15) is 16.8 Å². The van der Waals surface area contributed by atoms with Crippen molar-refractivity contribution in [2.24, 2.45) is 11.8 Å². The minimum Gasteiger partial charge on any atom is -0.264 e. The number of nitrogens with zero attached hydrogens (tertiary/aromatic N) is 5. The fourth-order valence-electron chi connectivity index (χ4n) is 5.29. The van der Waals surface area contributed by atoms with Crippen molar-refractivity contribution in [1.82, 2.24) is 18.6 Å². The smallest absolute Gasteiger partial charge is 0.214 e. The van der Waals surface area contributed by atoms with E-state index in [1.54, 1.807) is 64.9 Å². The van der Waals surface area contributed by atoms with Gasteiger partial charge in [0.2, 0.25) is 20.0 Å². The molecular formula is C31H37BrClN5O4S2. The number of pyridine rings is 2. The van der Waals surface area contributed by atoms with E-state index in [0.29, 0.717) is 22.4 Å². The van der Waals surface area contributed by atoms with Crippen LogP contribution in [0.1, 0.15) is 68.3 Å². The Morgan fingerprint density at radius 2 is 1.34 bits per heavy atom. The molecule has 0 aliphatic heterocycles. The number of rotatable bonds is 11. The summed E-state index contributed by atoms with van der Waals surface area (Å²) in [4.78, 5) is 8.46. The summed E-state index contributed by atoms with van der Waals surface area (Å²) in [7, 11) is -3.15. The number of hydrogen-bond acceptors (Lipinski definition) is 7. The molecule has 5 rings (SSSR count). The van der Waals surface area contributed by atoms with Gasteiger partial charge in [-0.2, -0.15) is 13.9 Å². The van der Waals surface area contributed by atoms with Crippen LogP contribution < -0.4 is 0 Å². The summed E-state index contributed by atoms with van der Waals surface area (Å²) in [6.07, 6.45) is 11.1. The molecule has 2 aliphatic rings. The molecule has 1 aromatic carbocycles. The van der Waals surface area contributed by atoms with Gasteiger partial charge in [-0.15, -0.1) is 0 Å². The number of halogens is 2. The van der Waals surface area contributed by atoms with Crippen LogP contribution in [0.15, 0.2) is 59.6 Å². The fourth-order valence-corrected chi connectivity index (χ4v) is 7.99. The molecule has 13 heteroatoms. The predicted molar refractivity (Wildman–Crippen MR) is 177 cm³/mol. The van der Waals surface area contributed by atoms with Gasteiger partial charge >= 0.3 is 0 Å². The number of benzene rings is 1. The number of hydrogen-bond donors (Lipinski definition) is 0. The highest BCUT2D eigenvalue weighted by atomic mass is 79.9. The summed E-state index contributed by atoms with van der Waals surface area (Å²) in [6.45, 7) is 3.33. The Bertz CT molecular complexity index is 1740. The minimum absolute atomic E-state index is 0.0745. The third kappa shape index (κ3) is 8.24. The van der Waals surface area contributed by atoms with E-state index in [4.69, 9.17) is 16.9 Å². The standard InChI is InChI=1S/C19H20ClN3O2S.C12H17BrN2O2S/c1-3-26(24,25)23(2)19(13-4-5-13)17-8-16(11-22-12-17)14-6-7-15(10-21)18(20)9-14;1-3-18(16,17)15(2)12(9-4-5-9)10-6-11(13)8-14-7-10/h6-9,11-13,19H,3-5H2,1-2H3;6-9,12H,3-5H2,1-2H3. The van der Waals surface area contributed by atoms with Gasteiger partial charge in [0.25, 0.3) is 0 Å². The van der Waals surface area contributed by atoms with Gasteiger partial charge < -0.3 is 0 Å². The second-order valence-corrected chi connectivity index (χ2v) is 17.1. The molecule has 2 aromatic heterocycles. The van der Waals surface area contributed by atoms with Crippen molar-refractivity contribution in [2.75, 3.05) is 25.6 Å². The van der Waals surface area contributed by atoms with E-state index in [0.717, 1.165) is 52.4 Å². The molecule has 2 heterocycles. The molecule has 2 fully saturated rings. The van der Waals surface area contributed by atoms with Crippen LogP contribution in [0.25, 0.3) is 11.1 Å². The Balaban J connectivity index is 0.000000215. The van der Waals surface area contributed by atoms with E-state index in [-0.39, 0.29) is 23.6 Å². The van der Waals surface area contributed by atoms with Crippen LogP contribution in [0.3, 0.4) is 0 Å². The third-order valence-electron chi connectivity index (χ3n) is 8.12. The minimum atomic E-state index is -3.30. The topological polar surface area (TPSA) is 124 Å². The van der Waals surface area contributed by atoms with Crippen molar-refractivity contribution in [1.29, 1.82) is 5.26 Å².